The number of carbonyl (C=O) groups is 3. The van der Waals surface area contributed by atoms with Crippen molar-refractivity contribution >= 4 is 17.9 Å². The Morgan fingerprint density at radius 3 is 1.75 bits per heavy atom. The number of hydrogen-bond donors (Lipinski definition) is 0. The molecule has 0 aliphatic rings. The van der Waals surface area contributed by atoms with Crippen molar-refractivity contribution in [2.24, 2.45) is 0 Å². The van der Waals surface area contributed by atoms with Crippen LogP contribution in [0.1, 0.15) is 59.9 Å². The zero-order valence-corrected chi connectivity index (χ0v) is 26.2. The van der Waals surface area contributed by atoms with Gasteiger partial charge in [0.2, 0.25) is 0 Å². The van der Waals surface area contributed by atoms with Crippen LogP contribution in [0.3, 0.4) is 0 Å². The normalized spacial score (nSPS) is 9.48. The summed E-state index contributed by atoms with van der Waals surface area (Å²) in [5.74, 6) is 0.0487. The van der Waals surface area contributed by atoms with Gasteiger partial charge in [-0.15, -0.1) is 0 Å². The van der Waals surface area contributed by atoms with Gasteiger partial charge < -0.3 is 23.7 Å². The molecule has 0 N–H and O–H groups in total. The predicted molar refractivity (Wildman–Crippen MR) is 173 cm³/mol. The van der Waals surface area contributed by atoms with Crippen molar-refractivity contribution in [3.05, 3.63) is 121 Å². The minimum atomic E-state index is -0.593. The number of ether oxygens (including phenoxy) is 5. The molecule has 0 aliphatic heterocycles. The maximum atomic E-state index is 12.7. The lowest BCUT2D eigenvalue weighted by molar-refractivity contribution is -0.139. The highest BCUT2D eigenvalue weighted by molar-refractivity contribution is 5.93. The molecule has 3 aromatic carbocycles. The molecule has 8 heteroatoms. The summed E-state index contributed by atoms with van der Waals surface area (Å²) in [5, 5.41) is 0. The summed E-state index contributed by atoms with van der Waals surface area (Å²) >= 11 is 0. The highest BCUT2D eigenvalue weighted by Crippen LogP contribution is 2.29. The summed E-state index contributed by atoms with van der Waals surface area (Å²) in [4.78, 5) is 36.4. The third-order valence-electron chi connectivity index (χ3n) is 5.48. The molecule has 0 aliphatic carbocycles. The van der Waals surface area contributed by atoms with E-state index in [0.717, 1.165) is 5.56 Å². The van der Waals surface area contributed by atoms with Gasteiger partial charge in [0.1, 0.15) is 11.5 Å². The summed E-state index contributed by atoms with van der Waals surface area (Å²) in [5.41, 5.74) is 2.01. The van der Waals surface area contributed by atoms with Crippen LogP contribution >= 0.6 is 0 Å². The van der Waals surface area contributed by atoms with Crippen molar-refractivity contribution in [2.45, 2.75) is 40.5 Å². The monoisotopic (exact) mass is 602 g/mol. The van der Waals surface area contributed by atoms with Crippen LogP contribution in [0.15, 0.2) is 104 Å². The van der Waals surface area contributed by atoms with Crippen LogP contribution in [-0.2, 0) is 9.53 Å². The van der Waals surface area contributed by atoms with E-state index < -0.39 is 17.9 Å². The van der Waals surface area contributed by atoms with Crippen LogP contribution in [0.25, 0.3) is 0 Å². The van der Waals surface area contributed by atoms with E-state index in [1.165, 1.54) is 37.4 Å². The number of aryl methyl sites for hydroxylation is 1. The van der Waals surface area contributed by atoms with Crippen molar-refractivity contribution < 1.29 is 38.1 Å². The molecule has 0 radical (unpaired) electrons. The van der Waals surface area contributed by atoms with Gasteiger partial charge in [0.05, 0.1) is 31.5 Å². The van der Waals surface area contributed by atoms with Crippen LogP contribution in [0, 0.1) is 6.92 Å². The second kappa shape index (κ2) is 20.7. The first-order valence-corrected chi connectivity index (χ1v) is 14.2. The van der Waals surface area contributed by atoms with E-state index in [0.29, 0.717) is 47.8 Å². The summed E-state index contributed by atoms with van der Waals surface area (Å²) in [7, 11) is 1.47. The van der Waals surface area contributed by atoms with Crippen molar-refractivity contribution in [3.63, 3.8) is 0 Å². The molecule has 0 bridgehead atoms. The van der Waals surface area contributed by atoms with Gasteiger partial charge in [0.25, 0.3) is 0 Å². The average Bonchev–Trinajstić information content (AvgIpc) is 3.04. The maximum absolute atomic E-state index is 12.7. The molecule has 0 saturated carbocycles. The largest absolute Gasteiger partial charge is 0.493 e. The first-order valence-electron chi connectivity index (χ1n) is 14.2. The SMILES string of the molecule is C=C(C)C(=O)OCCCCOc1ccc(C(=O)Oc2ccc(C(=O)Oc3ccc(C)cc3)cc2)cc1OC.C=CC=C.CC. The lowest BCUT2D eigenvalue weighted by Crippen LogP contribution is -2.11. The fraction of sp³-hybridized carbons (Fsp3) is 0.250. The van der Waals surface area contributed by atoms with Gasteiger partial charge >= 0.3 is 17.9 Å². The molecule has 0 amide bonds. The fourth-order valence-corrected chi connectivity index (χ4v) is 3.19. The van der Waals surface area contributed by atoms with Gasteiger partial charge in [0, 0.05) is 5.57 Å². The van der Waals surface area contributed by atoms with E-state index >= 15 is 0 Å². The number of unbranched alkanes of at least 4 members (excludes halogenated alkanes) is 1. The molecule has 0 heterocycles. The van der Waals surface area contributed by atoms with Crippen molar-refractivity contribution in [1.82, 2.24) is 0 Å². The zero-order valence-electron chi connectivity index (χ0n) is 26.2. The molecular formula is C36H42O8. The third kappa shape index (κ3) is 13.2. The first kappa shape index (κ1) is 36.9. The maximum Gasteiger partial charge on any atom is 0.343 e. The van der Waals surface area contributed by atoms with E-state index in [9.17, 15) is 14.4 Å². The second-order valence-corrected chi connectivity index (χ2v) is 8.93. The second-order valence-electron chi connectivity index (χ2n) is 8.93. The van der Waals surface area contributed by atoms with E-state index in [1.807, 2.05) is 32.9 Å². The van der Waals surface area contributed by atoms with Gasteiger partial charge in [-0.05, 0) is 81.3 Å². The Labute approximate surface area is 260 Å². The van der Waals surface area contributed by atoms with Gasteiger partial charge in [-0.25, -0.2) is 14.4 Å². The number of rotatable bonds is 13. The molecule has 0 atom stereocenters. The number of carbonyl (C=O) groups excluding carboxylic acids is 3. The predicted octanol–water partition coefficient (Wildman–Crippen LogP) is 8.10. The molecule has 0 unspecified atom stereocenters. The average molecular weight is 603 g/mol. The van der Waals surface area contributed by atoms with E-state index in [1.54, 1.807) is 43.3 Å². The first-order chi connectivity index (χ1) is 21.2. The Hall–Kier alpha value is -5.11. The molecule has 44 heavy (non-hydrogen) atoms. The van der Waals surface area contributed by atoms with Crippen LogP contribution in [0.5, 0.6) is 23.0 Å². The Bertz CT molecular complexity index is 1370. The zero-order chi connectivity index (χ0) is 32.9. The van der Waals surface area contributed by atoms with Crippen LogP contribution in [-0.4, -0.2) is 38.2 Å². The number of methoxy groups -OCH3 is 1. The Kier molecular flexibility index (Phi) is 17.4. The summed E-state index contributed by atoms with van der Waals surface area (Å²) in [6.45, 7) is 18.5. The van der Waals surface area contributed by atoms with Crippen LogP contribution in [0.4, 0.5) is 0 Å². The molecule has 234 valence electrons. The third-order valence-corrected chi connectivity index (χ3v) is 5.48. The minimum absolute atomic E-state index is 0.267. The smallest absolute Gasteiger partial charge is 0.343 e. The van der Waals surface area contributed by atoms with E-state index in [-0.39, 0.29) is 17.9 Å². The topological polar surface area (TPSA) is 97.4 Å². The minimum Gasteiger partial charge on any atom is -0.493 e. The van der Waals surface area contributed by atoms with E-state index in [4.69, 9.17) is 23.7 Å². The Morgan fingerprint density at radius 1 is 0.727 bits per heavy atom. The molecule has 0 saturated heterocycles. The molecule has 3 rings (SSSR count). The quantitative estimate of drug-likeness (QED) is 0.0636. The van der Waals surface area contributed by atoms with Gasteiger partial charge in [0.15, 0.2) is 11.5 Å². The van der Waals surface area contributed by atoms with Gasteiger partial charge in [-0.3, -0.25) is 0 Å². The summed E-state index contributed by atoms with van der Waals surface area (Å²) < 4.78 is 26.9. The lowest BCUT2D eigenvalue weighted by Gasteiger charge is -2.12. The van der Waals surface area contributed by atoms with Crippen LogP contribution < -0.4 is 18.9 Å². The number of esters is 3. The van der Waals surface area contributed by atoms with Gasteiger partial charge in [-0.2, -0.15) is 0 Å². The number of benzene rings is 3. The summed E-state index contributed by atoms with van der Waals surface area (Å²) in [6.07, 6.45) is 4.57. The molecular weight excluding hydrogens is 560 g/mol. The van der Waals surface area contributed by atoms with Crippen molar-refractivity contribution in [2.75, 3.05) is 20.3 Å². The Morgan fingerprint density at radius 2 is 1.23 bits per heavy atom. The molecule has 0 aromatic heterocycles. The standard InChI is InChI=1S/C30H30O8.C4H6.C2H6/c1-20(2)28(31)36-18-6-5-17-35-26-16-11-23(19-27(26)34-4)30(33)38-25-14-9-22(10-15-25)29(32)37-24-12-7-21(3)8-13-24;1-3-4-2;1-2/h7-16,19H,1,5-6,17-18H2,2-4H3;3-4H,1-2H2;1-2H3. The number of allylic oxidation sites excluding steroid dienone is 2. The highest BCUT2D eigenvalue weighted by Gasteiger charge is 2.15. The molecule has 3 aromatic rings. The summed E-state index contributed by atoms with van der Waals surface area (Å²) in [6, 6.07) is 18.0. The molecule has 0 spiro atoms. The highest BCUT2D eigenvalue weighted by atomic mass is 16.5. The van der Waals surface area contributed by atoms with Crippen molar-refractivity contribution in [1.29, 1.82) is 0 Å². The lowest BCUT2D eigenvalue weighted by atomic mass is 10.2. The van der Waals surface area contributed by atoms with Crippen LogP contribution in [0.2, 0.25) is 0 Å². The van der Waals surface area contributed by atoms with Gasteiger partial charge in [-0.1, -0.05) is 63.4 Å². The number of hydrogen-bond acceptors (Lipinski definition) is 8. The van der Waals surface area contributed by atoms with E-state index in [2.05, 4.69) is 19.7 Å². The van der Waals surface area contributed by atoms with Crippen molar-refractivity contribution in [3.8, 4) is 23.0 Å². The molecule has 8 nitrogen and oxygen atoms in total. The Balaban J connectivity index is 0.00000149. The fourth-order valence-electron chi connectivity index (χ4n) is 3.19. The molecule has 0 fully saturated rings.